The number of carbonyl (C=O) groups excluding carboxylic acids is 2. The van der Waals surface area contributed by atoms with E-state index in [0.29, 0.717) is 31.7 Å². The van der Waals surface area contributed by atoms with Gasteiger partial charge in [-0.05, 0) is 67.4 Å². The smallest absolute Gasteiger partial charge is 0.254 e. The lowest BCUT2D eigenvalue weighted by Gasteiger charge is -2.35. The van der Waals surface area contributed by atoms with E-state index in [1.54, 1.807) is 9.80 Å². The van der Waals surface area contributed by atoms with Crippen molar-refractivity contribution in [1.29, 1.82) is 0 Å². The summed E-state index contributed by atoms with van der Waals surface area (Å²) < 4.78 is 26.5. The summed E-state index contributed by atoms with van der Waals surface area (Å²) in [5.74, 6) is -2.41. The Morgan fingerprint density at radius 2 is 1.27 bits per heavy atom. The quantitative estimate of drug-likeness (QED) is 0.789. The van der Waals surface area contributed by atoms with Gasteiger partial charge in [0.05, 0.1) is 0 Å². The van der Waals surface area contributed by atoms with Crippen LogP contribution in [0.1, 0.15) is 31.8 Å². The molecule has 2 heterocycles. The normalized spacial score (nSPS) is 16.3. The molecule has 0 saturated carbocycles. The zero-order chi connectivity index (χ0) is 20.4. The van der Waals surface area contributed by atoms with Gasteiger partial charge in [-0.1, -0.05) is 6.07 Å². The summed E-state index contributed by atoms with van der Waals surface area (Å²) in [7, 11) is 0. The molecule has 2 amide bonds. The van der Waals surface area contributed by atoms with Gasteiger partial charge in [0.2, 0.25) is 0 Å². The molecule has 0 radical (unpaired) electrons. The first kappa shape index (κ1) is 22.2. The number of fused-ring (bicyclic) bond motifs is 1. The monoisotopic (exact) mass is 435 g/mol. The second-order valence-corrected chi connectivity index (χ2v) is 7.45. The number of carbonyl (C=O) groups is 2. The molecule has 2 aliphatic heterocycles. The lowest BCUT2D eigenvalue weighted by molar-refractivity contribution is 0.0535. The van der Waals surface area contributed by atoms with E-state index in [9.17, 15) is 18.4 Å². The minimum atomic E-state index is -1.04. The number of halogens is 3. The van der Waals surface area contributed by atoms with Crippen LogP contribution >= 0.6 is 12.4 Å². The average molecular weight is 436 g/mol. The first-order valence-corrected chi connectivity index (χ1v) is 9.89. The number of nitrogens with one attached hydrogen (secondary N) is 1. The van der Waals surface area contributed by atoms with Crippen LogP contribution < -0.4 is 5.32 Å². The molecular weight excluding hydrogens is 412 g/mol. The highest BCUT2D eigenvalue weighted by molar-refractivity contribution is 5.96. The molecule has 0 bridgehead atoms. The zero-order valence-electron chi connectivity index (χ0n) is 16.5. The maximum Gasteiger partial charge on any atom is 0.254 e. The third-order valence-electron chi connectivity index (χ3n) is 5.62. The topological polar surface area (TPSA) is 52.7 Å². The number of benzene rings is 2. The van der Waals surface area contributed by atoms with Gasteiger partial charge in [0.15, 0.2) is 11.6 Å². The lowest BCUT2D eigenvalue weighted by Crippen LogP contribution is -2.50. The van der Waals surface area contributed by atoms with E-state index in [-0.39, 0.29) is 29.8 Å². The SMILES string of the molecule is Cl.O=C(c1ccc(F)c(F)c1)N1CCN(C(=O)c2ccc3c(c2)CCNCC3)CC1. The van der Waals surface area contributed by atoms with Gasteiger partial charge in [0.1, 0.15) is 0 Å². The van der Waals surface area contributed by atoms with Crippen LogP contribution in [-0.2, 0) is 12.8 Å². The molecule has 0 unspecified atom stereocenters. The van der Waals surface area contributed by atoms with E-state index in [1.165, 1.54) is 17.2 Å². The number of hydrogen-bond donors (Lipinski definition) is 1. The van der Waals surface area contributed by atoms with Gasteiger partial charge in [-0.3, -0.25) is 9.59 Å². The number of amides is 2. The Labute approximate surface area is 180 Å². The zero-order valence-corrected chi connectivity index (χ0v) is 17.3. The summed E-state index contributed by atoms with van der Waals surface area (Å²) in [6.07, 6.45) is 1.88. The molecule has 4 rings (SSSR count). The number of piperazine rings is 1. The van der Waals surface area contributed by atoms with E-state index in [4.69, 9.17) is 0 Å². The predicted octanol–water partition coefficient (Wildman–Crippen LogP) is 2.67. The maximum atomic E-state index is 13.4. The number of rotatable bonds is 2. The van der Waals surface area contributed by atoms with Crippen molar-refractivity contribution in [2.75, 3.05) is 39.3 Å². The highest BCUT2D eigenvalue weighted by atomic mass is 35.5. The van der Waals surface area contributed by atoms with E-state index in [0.717, 1.165) is 38.1 Å². The molecule has 5 nitrogen and oxygen atoms in total. The standard InChI is InChI=1S/C22H23F2N3O2.ClH/c23-19-4-3-18(14-20(19)24)22(29)27-11-9-26(10-12-27)21(28)17-2-1-15-5-7-25-8-6-16(15)13-17;/h1-4,13-14,25H,5-12H2;1H. The average Bonchev–Trinajstić information content (AvgIpc) is 2.99. The van der Waals surface area contributed by atoms with Gasteiger partial charge in [-0.2, -0.15) is 0 Å². The van der Waals surface area contributed by atoms with Gasteiger partial charge in [-0.25, -0.2) is 8.78 Å². The van der Waals surface area contributed by atoms with Crippen molar-refractivity contribution in [2.45, 2.75) is 12.8 Å². The second-order valence-electron chi connectivity index (χ2n) is 7.45. The molecule has 0 spiro atoms. The van der Waals surface area contributed by atoms with Gasteiger partial charge < -0.3 is 15.1 Å². The maximum absolute atomic E-state index is 13.4. The number of hydrogen-bond acceptors (Lipinski definition) is 3. The van der Waals surface area contributed by atoms with Gasteiger partial charge >= 0.3 is 0 Å². The van der Waals surface area contributed by atoms with Crippen LogP contribution in [0.5, 0.6) is 0 Å². The largest absolute Gasteiger partial charge is 0.335 e. The molecule has 1 saturated heterocycles. The van der Waals surface area contributed by atoms with Crippen LogP contribution in [0, 0.1) is 11.6 Å². The Kier molecular flexibility index (Phi) is 7.05. The van der Waals surface area contributed by atoms with Crippen LogP contribution in [0.15, 0.2) is 36.4 Å². The van der Waals surface area contributed by atoms with Crippen molar-refractivity contribution in [1.82, 2.24) is 15.1 Å². The van der Waals surface area contributed by atoms with Crippen LogP contribution in [-0.4, -0.2) is 60.9 Å². The molecule has 1 N–H and O–H groups in total. The molecule has 0 atom stereocenters. The summed E-state index contributed by atoms with van der Waals surface area (Å²) in [5.41, 5.74) is 3.29. The fourth-order valence-corrected chi connectivity index (χ4v) is 3.91. The van der Waals surface area contributed by atoms with Gasteiger partial charge in [0, 0.05) is 37.3 Å². The summed E-state index contributed by atoms with van der Waals surface area (Å²) in [6, 6.07) is 9.06. The third kappa shape index (κ3) is 4.63. The first-order chi connectivity index (χ1) is 14.0. The minimum Gasteiger partial charge on any atom is -0.335 e. The van der Waals surface area contributed by atoms with E-state index >= 15 is 0 Å². The Balaban J connectivity index is 0.00000256. The molecule has 8 heteroatoms. The van der Waals surface area contributed by atoms with Crippen LogP contribution in [0.3, 0.4) is 0 Å². The second kappa shape index (κ2) is 9.53. The fraction of sp³-hybridized carbons (Fsp3) is 0.364. The van der Waals surface area contributed by atoms with Crippen molar-refractivity contribution < 1.29 is 18.4 Å². The number of nitrogens with zero attached hydrogens (tertiary/aromatic N) is 2. The molecule has 0 aliphatic carbocycles. The summed E-state index contributed by atoms with van der Waals surface area (Å²) in [4.78, 5) is 28.8. The lowest BCUT2D eigenvalue weighted by atomic mass is 9.99. The molecule has 2 aliphatic rings. The molecular formula is C22H24ClF2N3O2. The van der Waals surface area contributed by atoms with E-state index in [1.807, 2.05) is 18.2 Å². The Hall–Kier alpha value is -2.51. The van der Waals surface area contributed by atoms with Crippen molar-refractivity contribution in [3.8, 4) is 0 Å². The molecule has 160 valence electrons. The van der Waals surface area contributed by atoms with Gasteiger partial charge in [-0.15, -0.1) is 12.4 Å². The van der Waals surface area contributed by atoms with Crippen LogP contribution in [0.25, 0.3) is 0 Å². The fourth-order valence-electron chi connectivity index (χ4n) is 3.91. The van der Waals surface area contributed by atoms with Crippen molar-refractivity contribution >= 4 is 24.2 Å². The Morgan fingerprint density at radius 1 is 0.733 bits per heavy atom. The van der Waals surface area contributed by atoms with E-state index in [2.05, 4.69) is 5.32 Å². The first-order valence-electron chi connectivity index (χ1n) is 9.89. The summed E-state index contributed by atoms with van der Waals surface area (Å²) in [5, 5.41) is 3.36. The predicted molar refractivity (Wildman–Crippen MR) is 112 cm³/mol. The summed E-state index contributed by atoms with van der Waals surface area (Å²) in [6.45, 7) is 3.40. The molecule has 30 heavy (non-hydrogen) atoms. The van der Waals surface area contributed by atoms with Crippen molar-refractivity contribution in [3.63, 3.8) is 0 Å². The summed E-state index contributed by atoms with van der Waals surface area (Å²) >= 11 is 0. The molecule has 0 aromatic heterocycles. The Bertz CT molecular complexity index is 946. The van der Waals surface area contributed by atoms with Gasteiger partial charge in [0.25, 0.3) is 11.8 Å². The van der Waals surface area contributed by atoms with Crippen LogP contribution in [0.4, 0.5) is 8.78 Å². The highest BCUT2D eigenvalue weighted by Gasteiger charge is 2.26. The molecule has 1 fully saturated rings. The Morgan fingerprint density at radius 3 is 1.87 bits per heavy atom. The molecule has 2 aromatic rings. The van der Waals surface area contributed by atoms with E-state index < -0.39 is 11.6 Å². The highest BCUT2D eigenvalue weighted by Crippen LogP contribution is 2.18. The third-order valence-corrected chi connectivity index (χ3v) is 5.62. The van der Waals surface area contributed by atoms with Crippen LogP contribution in [0.2, 0.25) is 0 Å². The molecule has 2 aromatic carbocycles. The van der Waals surface area contributed by atoms with Crippen molar-refractivity contribution in [3.05, 3.63) is 70.3 Å². The van der Waals surface area contributed by atoms with Crippen molar-refractivity contribution in [2.24, 2.45) is 0 Å². The minimum absolute atomic E-state index is 0.